The fourth-order valence-electron chi connectivity index (χ4n) is 4.40. The van der Waals surface area contributed by atoms with Crippen LogP contribution in [0, 0.1) is 5.92 Å². The van der Waals surface area contributed by atoms with E-state index in [1.54, 1.807) is 0 Å². The Morgan fingerprint density at radius 1 is 1.00 bits per heavy atom. The first-order valence-corrected chi connectivity index (χ1v) is 12.0. The van der Waals surface area contributed by atoms with E-state index in [-0.39, 0.29) is 11.8 Å². The zero-order chi connectivity index (χ0) is 23.0. The van der Waals surface area contributed by atoms with Crippen LogP contribution in [0.15, 0.2) is 66.7 Å². The van der Waals surface area contributed by atoms with Crippen molar-refractivity contribution in [2.75, 3.05) is 13.2 Å². The molecule has 0 bridgehead atoms. The summed E-state index contributed by atoms with van der Waals surface area (Å²) >= 11 is 0. The summed E-state index contributed by atoms with van der Waals surface area (Å²) in [6.45, 7) is 6.09. The summed E-state index contributed by atoms with van der Waals surface area (Å²) < 4.78 is 8.45. The zero-order valence-corrected chi connectivity index (χ0v) is 19.6. The second-order valence-corrected chi connectivity index (χ2v) is 8.40. The van der Waals surface area contributed by atoms with Gasteiger partial charge in [-0.3, -0.25) is 4.79 Å². The minimum atomic E-state index is 0.112. The molecule has 172 valence electrons. The quantitative estimate of drug-likeness (QED) is 0.300. The molecule has 0 radical (unpaired) electrons. The van der Waals surface area contributed by atoms with Crippen LogP contribution in [0.4, 0.5) is 0 Å². The van der Waals surface area contributed by atoms with Crippen molar-refractivity contribution in [3.63, 3.8) is 0 Å². The van der Waals surface area contributed by atoms with Gasteiger partial charge in [-0.25, -0.2) is 4.98 Å². The lowest BCUT2D eigenvalue weighted by atomic mass is 10.0. The number of fused-ring (bicyclic) bond motifs is 2. The molecule has 0 saturated carbocycles. The third-order valence-corrected chi connectivity index (χ3v) is 6.29. The van der Waals surface area contributed by atoms with Gasteiger partial charge in [0.2, 0.25) is 5.91 Å². The highest BCUT2D eigenvalue weighted by molar-refractivity contribution is 5.88. The van der Waals surface area contributed by atoms with E-state index in [1.165, 1.54) is 5.39 Å². The molecule has 1 aromatic heterocycles. The smallest absolute Gasteiger partial charge is 0.223 e. The average Bonchev–Trinajstić information content (AvgIpc) is 3.20. The SMILES string of the molecule is CCC(CC)C(=O)NCCCc1nc2ccccc2n1CCOc1cccc2ccccc12. The number of carbonyl (C=O) groups excluding carboxylic acids is 1. The van der Waals surface area contributed by atoms with E-state index >= 15 is 0 Å². The number of hydrogen-bond acceptors (Lipinski definition) is 3. The second kappa shape index (κ2) is 11.0. The second-order valence-electron chi connectivity index (χ2n) is 8.40. The maximum atomic E-state index is 12.2. The highest BCUT2D eigenvalue weighted by atomic mass is 16.5. The van der Waals surface area contributed by atoms with E-state index in [0.29, 0.717) is 13.2 Å². The first kappa shape index (κ1) is 22.8. The van der Waals surface area contributed by atoms with Crippen LogP contribution >= 0.6 is 0 Å². The zero-order valence-electron chi connectivity index (χ0n) is 19.6. The van der Waals surface area contributed by atoms with Crippen LogP contribution in [0.5, 0.6) is 5.75 Å². The Morgan fingerprint density at radius 2 is 1.76 bits per heavy atom. The van der Waals surface area contributed by atoms with Gasteiger partial charge in [0.25, 0.3) is 0 Å². The third-order valence-electron chi connectivity index (χ3n) is 6.29. The van der Waals surface area contributed by atoms with E-state index in [2.05, 4.69) is 54.1 Å². The molecule has 0 aliphatic heterocycles. The molecule has 5 nitrogen and oxygen atoms in total. The van der Waals surface area contributed by atoms with E-state index in [9.17, 15) is 4.79 Å². The summed E-state index contributed by atoms with van der Waals surface area (Å²) in [5.41, 5.74) is 2.12. The van der Waals surface area contributed by atoms with Crippen molar-refractivity contribution >= 4 is 27.7 Å². The first-order valence-electron chi connectivity index (χ1n) is 12.0. The molecule has 4 rings (SSSR count). The van der Waals surface area contributed by atoms with E-state index in [1.807, 2.05) is 36.4 Å². The number of imidazole rings is 1. The number of aryl methyl sites for hydroxylation is 1. The van der Waals surface area contributed by atoms with Gasteiger partial charge in [0, 0.05) is 24.3 Å². The molecule has 1 amide bonds. The van der Waals surface area contributed by atoms with Gasteiger partial charge >= 0.3 is 0 Å². The molecular weight excluding hydrogens is 410 g/mol. The number of hydrogen-bond donors (Lipinski definition) is 1. The summed E-state index contributed by atoms with van der Waals surface area (Å²) in [5.74, 6) is 2.22. The monoisotopic (exact) mass is 443 g/mol. The van der Waals surface area contributed by atoms with E-state index in [0.717, 1.165) is 60.2 Å². The Hall–Kier alpha value is -3.34. The molecule has 1 N–H and O–H groups in total. The number of benzene rings is 3. The molecule has 0 fully saturated rings. The topological polar surface area (TPSA) is 56.2 Å². The van der Waals surface area contributed by atoms with Crippen molar-refractivity contribution in [1.82, 2.24) is 14.9 Å². The molecular formula is C28H33N3O2. The van der Waals surface area contributed by atoms with Gasteiger partial charge in [-0.1, -0.05) is 62.4 Å². The Kier molecular flexibility index (Phi) is 7.61. The number of nitrogens with one attached hydrogen (secondary N) is 1. The fraction of sp³-hybridized carbons (Fsp3) is 0.357. The van der Waals surface area contributed by atoms with Gasteiger partial charge in [0.15, 0.2) is 0 Å². The Labute approximate surface area is 195 Å². The van der Waals surface area contributed by atoms with Crippen LogP contribution in [-0.4, -0.2) is 28.6 Å². The lowest BCUT2D eigenvalue weighted by Crippen LogP contribution is -2.31. The molecule has 0 spiro atoms. The van der Waals surface area contributed by atoms with Crippen molar-refractivity contribution in [1.29, 1.82) is 0 Å². The number of amides is 1. The molecule has 0 aliphatic rings. The van der Waals surface area contributed by atoms with Crippen molar-refractivity contribution < 1.29 is 9.53 Å². The molecule has 1 heterocycles. The van der Waals surface area contributed by atoms with Crippen molar-refractivity contribution in [3.05, 3.63) is 72.6 Å². The van der Waals surface area contributed by atoms with Crippen LogP contribution in [0.25, 0.3) is 21.8 Å². The van der Waals surface area contributed by atoms with Crippen LogP contribution < -0.4 is 10.1 Å². The van der Waals surface area contributed by atoms with Gasteiger partial charge in [0.05, 0.1) is 17.6 Å². The Morgan fingerprint density at radius 3 is 2.61 bits per heavy atom. The Balaban J connectivity index is 1.41. The van der Waals surface area contributed by atoms with Crippen LogP contribution in [0.2, 0.25) is 0 Å². The summed E-state index contributed by atoms with van der Waals surface area (Å²) in [5, 5.41) is 5.40. The molecule has 5 heteroatoms. The molecule has 0 atom stereocenters. The van der Waals surface area contributed by atoms with Gasteiger partial charge in [0.1, 0.15) is 18.2 Å². The van der Waals surface area contributed by atoms with Crippen LogP contribution in [0.1, 0.15) is 38.9 Å². The maximum absolute atomic E-state index is 12.2. The average molecular weight is 444 g/mol. The predicted molar refractivity (Wildman–Crippen MR) is 135 cm³/mol. The van der Waals surface area contributed by atoms with Gasteiger partial charge in [-0.05, 0) is 42.8 Å². The number of carbonyl (C=O) groups is 1. The number of nitrogens with zero attached hydrogens (tertiary/aromatic N) is 2. The minimum absolute atomic E-state index is 0.112. The van der Waals surface area contributed by atoms with Crippen molar-refractivity contribution in [3.8, 4) is 5.75 Å². The molecule has 4 aromatic rings. The highest BCUT2D eigenvalue weighted by Gasteiger charge is 2.14. The molecule has 0 aliphatic carbocycles. The van der Waals surface area contributed by atoms with Crippen molar-refractivity contribution in [2.45, 2.75) is 46.1 Å². The molecule has 0 saturated heterocycles. The molecule has 3 aromatic carbocycles. The van der Waals surface area contributed by atoms with E-state index in [4.69, 9.17) is 9.72 Å². The first-order chi connectivity index (χ1) is 16.2. The van der Waals surface area contributed by atoms with Gasteiger partial charge < -0.3 is 14.6 Å². The normalized spacial score (nSPS) is 11.4. The van der Waals surface area contributed by atoms with Crippen LogP contribution in [-0.2, 0) is 17.8 Å². The number of aromatic nitrogens is 2. The lowest BCUT2D eigenvalue weighted by molar-refractivity contribution is -0.125. The predicted octanol–water partition coefficient (Wildman–Crippen LogP) is 5.75. The molecule has 33 heavy (non-hydrogen) atoms. The summed E-state index contributed by atoms with van der Waals surface area (Å²) in [7, 11) is 0. The summed E-state index contributed by atoms with van der Waals surface area (Å²) in [6, 6.07) is 22.7. The van der Waals surface area contributed by atoms with Gasteiger partial charge in [-0.2, -0.15) is 0 Å². The standard InChI is InChI=1S/C28H33N3O2/c1-3-21(4-2)28(32)29-18-10-17-27-30-24-14-7-8-15-25(24)31(27)19-20-33-26-16-9-12-22-11-5-6-13-23(22)26/h5-9,11-16,21H,3-4,10,17-20H2,1-2H3,(H,29,32). The van der Waals surface area contributed by atoms with Crippen LogP contribution in [0.3, 0.4) is 0 Å². The molecule has 0 unspecified atom stereocenters. The van der Waals surface area contributed by atoms with Crippen molar-refractivity contribution in [2.24, 2.45) is 5.92 Å². The number of rotatable bonds is 11. The van der Waals surface area contributed by atoms with E-state index < -0.39 is 0 Å². The highest BCUT2D eigenvalue weighted by Crippen LogP contribution is 2.25. The van der Waals surface area contributed by atoms with Gasteiger partial charge in [-0.15, -0.1) is 0 Å². The maximum Gasteiger partial charge on any atom is 0.223 e. The summed E-state index contributed by atoms with van der Waals surface area (Å²) in [6.07, 6.45) is 3.44. The minimum Gasteiger partial charge on any atom is -0.491 e. The fourth-order valence-corrected chi connectivity index (χ4v) is 4.40. The number of ether oxygens (including phenoxy) is 1. The number of para-hydroxylation sites is 2. The third kappa shape index (κ3) is 5.36. The summed E-state index contributed by atoms with van der Waals surface area (Å²) in [4.78, 5) is 17.1. The lowest BCUT2D eigenvalue weighted by Gasteiger charge is -2.14. The largest absolute Gasteiger partial charge is 0.491 e. The Bertz CT molecular complexity index is 1200.